The highest BCUT2D eigenvalue weighted by Gasteiger charge is 2.24. The maximum atomic E-state index is 11.1. The van der Waals surface area contributed by atoms with Crippen LogP contribution >= 0.6 is 0 Å². The number of nitro benzene ring substituents is 1. The first-order chi connectivity index (χ1) is 8.06. The molecule has 0 aromatic heterocycles. The Bertz CT molecular complexity index is 486. The van der Waals surface area contributed by atoms with Crippen LogP contribution in [0.15, 0.2) is 24.3 Å². The fourth-order valence-electron chi connectivity index (χ4n) is 1.46. The molecule has 8 nitrogen and oxygen atoms in total. The van der Waals surface area contributed by atoms with Crippen LogP contribution in [0.1, 0.15) is 11.7 Å². The molecule has 1 aromatic rings. The molecule has 2 rings (SSSR count). The van der Waals surface area contributed by atoms with Crippen molar-refractivity contribution in [1.82, 2.24) is 16.0 Å². The highest BCUT2D eigenvalue weighted by atomic mass is 16.6. The second kappa shape index (κ2) is 4.08. The first kappa shape index (κ1) is 10.9. The van der Waals surface area contributed by atoms with Crippen molar-refractivity contribution in [3.05, 3.63) is 39.9 Å². The molecule has 1 fully saturated rings. The molecule has 1 aromatic carbocycles. The first-order valence-electron chi connectivity index (χ1n) is 4.68. The molecule has 88 valence electrons. The number of amides is 4. The lowest BCUT2D eigenvalue weighted by Gasteiger charge is -2.24. The molecule has 0 bridgehead atoms. The summed E-state index contributed by atoms with van der Waals surface area (Å²) in [4.78, 5) is 32.2. The smallest absolute Gasteiger partial charge is 0.313 e. The van der Waals surface area contributed by atoms with Crippen molar-refractivity contribution in [3.63, 3.8) is 0 Å². The zero-order valence-electron chi connectivity index (χ0n) is 8.47. The van der Waals surface area contributed by atoms with Gasteiger partial charge in [-0.3, -0.25) is 15.4 Å². The number of carbonyl (C=O) groups excluding carboxylic acids is 2. The highest BCUT2D eigenvalue weighted by molar-refractivity contribution is 5.96. The number of nitrogens with one attached hydrogen (secondary N) is 3. The summed E-state index contributed by atoms with van der Waals surface area (Å²) < 4.78 is 0. The lowest BCUT2D eigenvalue weighted by Crippen LogP contribution is -2.56. The Balaban J connectivity index is 2.27. The number of imide groups is 1. The molecule has 1 saturated heterocycles. The van der Waals surface area contributed by atoms with Crippen molar-refractivity contribution in [2.45, 2.75) is 6.17 Å². The minimum Gasteiger partial charge on any atom is -0.313 e. The van der Waals surface area contributed by atoms with Crippen molar-refractivity contribution in [2.24, 2.45) is 0 Å². The summed E-state index contributed by atoms with van der Waals surface area (Å²) in [5.74, 6) is 0. The quantitative estimate of drug-likeness (QED) is 0.515. The lowest BCUT2D eigenvalue weighted by molar-refractivity contribution is -0.384. The van der Waals surface area contributed by atoms with E-state index in [1.165, 1.54) is 18.2 Å². The maximum Gasteiger partial charge on any atom is 0.324 e. The van der Waals surface area contributed by atoms with Crippen molar-refractivity contribution in [2.75, 3.05) is 0 Å². The van der Waals surface area contributed by atoms with E-state index in [-0.39, 0.29) is 5.69 Å². The SMILES string of the molecule is O=C1NC(=O)NC(c2cccc([N+](=O)[O-])c2)N1. The summed E-state index contributed by atoms with van der Waals surface area (Å²) in [6.07, 6.45) is -0.767. The van der Waals surface area contributed by atoms with E-state index in [1.54, 1.807) is 6.07 Å². The van der Waals surface area contributed by atoms with Gasteiger partial charge in [0.15, 0.2) is 0 Å². The van der Waals surface area contributed by atoms with E-state index in [9.17, 15) is 19.7 Å². The van der Waals surface area contributed by atoms with E-state index >= 15 is 0 Å². The topological polar surface area (TPSA) is 113 Å². The minimum absolute atomic E-state index is 0.107. The molecule has 1 aliphatic rings. The van der Waals surface area contributed by atoms with Crippen molar-refractivity contribution in [1.29, 1.82) is 0 Å². The van der Waals surface area contributed by atoms with Gasteiger partial charge >= 0.3 is 12.1 Å². The van der Waals surface area contributed by atoms with Crippen molar-refractivity contribution in [3.8, 4) is 0 Å². The predicted molar refractivity (Wildman–Crippen MR) is 56.0 cm³/mol. The van der Waals surface area contributed by atoms with Gasteiger partial charge in [0, 0.05) is 17.7 Å². The summed E-state index contributed by atoms with van der Waals surface area (Å²) in [6.45, 7) is 0. The number of hydrogen-bond donors (Lipinski definition) is 3. The van der Waals surface area contributed by atoms with E-state index < -0.39 is 23.2 Å². The Morgan fingerprint density at radius 1 is 1.18 bits per heavy atom. The van der Waals surface area contributed by atoms with Crippen molar-refractivity contribution < 1.29 is 14.5 Å². The Morgan fingerprint density at radius 3 is 2.41 bits per heavy atom. The number of hydrogen-bond acceptors (Lipinski definition) is 4. The lowest BCUT2D eigenvalue weighted by atomic mass is 10.1. The van der Waals surface area contributed by atoms with Crippen LogP contribution in [0.25, 0.3) is 0 Å². The number of rotatable bonds is 2. The van der Waals surface area contributed by atoms with Gasteiger partial charge in [0.2, 0.25) is 0 Å². The first-order valence-corrected chi connectivity index (χ1v) is 4.68. The normalized spacial score (nSPS) is 15.8. The van der Waals surface area contributed by atoms with E-state index in [0.717, 1.165) is 0 Å². The zero-order chi connectivity index (χ0) is 12.4. The summed E-state index contributed by atoms with van der Waals surface area (Å²) in [5, 5.41) is 17.4. The molecule has 4 amide bonds. The van der Waals surface area contributed by atoms with Crippen LogP contribution < -0.4 is 16.0 Å². The van der Waals surface area contributed by atoms with Gasteiger partial charge in [-0.1, -0.05) is 12.1 Å². The fourth-order valence-corrected chi connectivity index (χ4v) is 1.46. The summed E-state index contributed by atoms with van der Waals surface area (Å²) >= 11 is 0. The summed E-state index contributed by atoms with van der Waals surface area (Å²) in [6, 6.07) is 4.37. The van der Waals surface area contributed by atoms with Crippen LogP contribution in [0, 0.1) is 10.1 Å². The Hall–Kier alpha value is -2.64. The average molecular weight is 236 g/mol. The molecule has 0 spiro atoms. The molecular formula is C9H8N4O4. The van der Waals surface area contributed by atoms with Crippen LogP contribution in [0.5, 0.6) is 0 Å². The van der Waals surface area contributed by atoms with Gasteiger partial charge in [-0.05, 0) is 0 Å². The maximum absolute atomic E-state index is 11.1. The number of carbonyl (C=O) groups is 2. The second-order valence-electron chi connectivity index (χ2n) is 3.36. The minimum atomic E-state index is -0.767. The van der Waals surface area contributed by atoms with Crippen LogP contribution in [-0.2, 0) is 0 Å². The molecular weight excluding hydrogens is 228 g/mol. The molecule has 0 aliphatic carbocycles. The number of benzene rings is 1. The number of non-ortho nitro benzene ring substituents is 1. The number of nitrogens with zero attached hydrogens (tertiary/aromatic N) is 1. The van der Waals surface area contributed by atoms with Gasteiger partial charge in [-0.25, -0.2) is 9.59 Å². The van der Waals surface area contributed by atoms with Crippen LogP contribution in [0.4, 0.5) is 15.3 Å². The van der Waals surface area contributed by atoms with E-state index in [0.29, 0.717) is 5.56 Å². The Labute approximate surface area is 95.1 Å². The second-order valence-corrected chi connectivity index (χ2v) is 3.36. The number of nitro groups is 1. The average Bonchev–Trinajstić information content (AvgIpc) is 2.28. The molecule has 17 heavy (non-hydrogen) atoms. The van der Waals surface area contributed by atoms with Crippen LogP contribution in [0.3, 0.4) is 0 Å². The van der Waals surface area contributed by atoms with Crippen molar-refractivity contribution >= 4 is 17.7 Å². The molecule has 8 heteroatoms. The Kier molecular flexibility index (Phi) is 2.61. The molecule has 0 atom stereocenters. The van der Waals surface area contributed by atoms with Gasteiger partial charge in [0.05, 0.1) is 4.92 Å². The summed E-state index contributed by atoms with van der Waals surface area (Å²) in [7, 11) is 0. The highest BCUT2D eigenvalue weighted by Crippen LogP contribution is 2.18. The van der Waals surface area contributed by atoms with Gasteiger partial charge in [-0.15, -0.1) is 0 Å². The van der Waals surface area contributed by atoms with Gasteiger partial charge < -0.3 is 10.6 Å². The Morgan fingerprint density at radius 2 is 1.82 bits per heavy atom. The van der Waals surface area contributed by atoms with E-state index in [2.05, 4.69) is 10.6 Å². The monoisotopic (exact) mass is 236 g/mol. The van der Waals surface area contributed by atoms with Crippen LogP contribution in [0.2, 0.25) is 0 Å². The van der Waals surface area contributed by atoms with E-state index in [4.69, 9.17) is 0 Å². The molecule has 1 aliphatic heterocycles. The van der Waals surface area contributed by atoms with E-state index in [1.807, 2.05) is 5.32 Å². The number of urea groups is 2. The predicted octanol–water partition coefficient (Wildman–Crippen LogP) is 0.616. The largest absolute Gasteiger partial charge is 0.324 e. The summed E-state index contributed by atoms with van der Waals surface area (Å²) in [5.41, 5.74) is 0.326. The molecule has 0 saturated carbocycles. The molecule has 0 radical (unpaired) electrons. The van der Waals surface area contributed by atoms with Gasteiger partial charge in [-0.2, -0.15) is 0 Å². The zero-order valence-corrected chi connectivity index (χ0v) is 8.47. The fraction of sp³-hybridized carbons (Fsp3) is 0.111. The molecule has 1 heterocycles. The van der Waals surface area contributed by atoms with Gasteiger partial charge in [0.25, 0.3) is 5.69 Å². The van der Waals surface area contributed by atoms with Gasteiger partial charge in [0.1, 0.15) is 6.17 Å². The third-order valence-corrected chi connectivity index (χ3v) is 2.19. The molecule has 0 unspecified atom stereocenters. The third kappa shape index (κ3) is 2.30. The molecule has 3 N–H and O–H groups in total. The standard InChI is InChI=1S/C9H8N4O4/c14-8-10-7(11-9(15)12-8)5-2-1-3-6(4-5)13(16)17/h1-4,7H,(H3,10,11,12,14,15). The third-order valence-electron chi connectivity index (χ3n) is 2.19. The van der Waals surface area contributed by atoms with Crippen LogP contribution in [-0.4, -0.2) is 17.0 Å².